The molecule has 3 amide bonds. The monoisotopic (exact) mass is 213 g/mol. The topological polar surface area (TPSA) is 75.4 Å². The van der Waals surface area contributed by atoms with Crippen molar-refractivity contribution >= 4 is 11.9 Å². The molecule has 0 bridgehead atoms. The van der Waals surface area contributed by atoms with Crippen LogP contribution >= 0.6 is 0 Å². The first kappa shape index (κ1) is 11.8. The van der Waals surface area contributed by atoms with Crippen LogP contribution in [0.2, 0.25) is 0 Å². The fourth-order valence-electron chi connectivity index (χ4n) is 1.34. The van der Waals surface area contributed by atoms with E-state index in [2.05, 4.69) is 5.32 Å². The number of nitrogens with two attached hydrogens (primary N) is 1. The quantitative estimate of drug-likeness (QED) is 0.689. The van der Waals surface area contributed by atoms with E-state index in [-0.39, 0.29) is 12.6 Å². The number of urea groups is 1. The van der Waals surface area contributed by atoms with Crippen LogP contribution in [0.15, 0.2) is 0 Å². The molecule has 3 N–H and O–H groups in total. The largest absolute Gasteiger partial charge is 0.368 e. The van der Waals surface area contributed by atoms with Gasteiger partial charge in [-0.05, 0) is 18.8 Å². The molecule has 5 heteroatoms. The standard InChI is InChI=1S/C10H19N3O2/c1-7(2)5-13(6-9(11)14)10(15)12-8-3-4-8/h7-8H,3-6H2,1-2H3,(H2,11,14)(H,12,15). The van der Waals surface area contributed by atoms with Crippen LogP contribution in [0.3, 0.4) is 0 Å². The fourth-order valence-corrected chi connectivity index (χ4v) is 1.34. The zero-order valence-electron chi connectivity index (χ0n) is 9.32. The molecule has 5 nitrogen and oxygen atoms in total. The number of carbonyl (C=O) groups excluding carboxylic acids is 2. The lowest BCUT2D eigenvalue weighted by atomic mass is 10.2. The minimum atomic E-state index is -0.471. The Morgan fingerprint density at radius 3 is 2.47 bits per heavy atom. The second kappa shape index (κ2) is 5.00. The zero-order valence-corrected chi connectivity index (χ0v) is 9.32. The minimum absolute atomic E-state index is 0.00324. The Bertz CT molecular complexity index is 249. The molecule has 0 aliphatic heterocycles. The maximum absolute atomic E-state index is 11.7. The Hall–Kier alpha value is -1.26. The molecular weight excluding hydrogens is 194 g/mol. The highest BCUT2D eigenvalue weighted by molar-refractivity contribution is 5.83. The van der Waals surface area contributed by atoms with Crippen LogP contribution in [0, 0.1) is 5.92 Å². The number of primary amides is 1. The van der Waals surface area contributed by atoms with Crippen molar-refractivity contribution in [1.82, 2.24) is 10.2 Å². The summed E-state index contributed by atoms with van der Waals surface area (Å²) >= 11 is 0. The molecule has 0 heterocycles. The third-order valence-corrected chi connectivity index (χ3v) is 2.12. The van der Waals surface area contributed by atoms with Gasteiger partial charge in [0.1, 0.15) is 6.54 Å². The maximum atomic E-state index is 11.7. The van der Waals surface area contributed by atoms with Crippen LogP contribution in [0.4, 0.5) is 4.79 Å². The van der Waals surface area contributed by atoms with Crippen molar-refractivity contribution in [3.05, 3.63) is 0 Å². The van der Waals surface area contributed by atoms with Gasteiger partial charge in [0.2, 0.25) is 5.91 Å². The molecule has 1 saturated carbocycles. The lowest BCUT2D eigenvalue weighted by Crippen LogP contribution is -2.46. The number of hydrogen-bond donors (Lipinski definition) is 2. The first-order chi connectivity index (χ1) is 6.99. The molecule has 0 spiro atoms. The third-order valence-electron chi connectivity index (χ3n) is 2.12. The van der Waals surface area contributed by atoms with Gasteiger partial charge in [0.25, 0.3) is 0 Å². The van der Waals surface area contributed by atoms with Crippen molar-refractivity contribution in [2.75, 3.05) is 13.1 Å². The molecule has 0 aromatic heterocycles. The predicted octanol–water partition coefficient (Wildman–Crippen LogP) is 0.302. The van der Waals surface area contributed by atoms with Gasteiger partial charge < -0.3 is 16.0 Å². The SMILES string of the molecule is CC(C)CN(CC(N)=O)C(=O)NC1CC1. The lowest BCUT2D eigenvalue weighted by molar-refractivity contribution is -0.118. The smallest absolute Gasteiger partial charge is 0.318 e. The van der Waals surface area contributed by atoms with Gasteiger partial charge in [-0.3, -0.25) is 4.79 Å². The molecule has 1 aliphatic carbocycles. The van der Waals surface area contributed by atoms with Crippen molar-refractivity contribution in [1.29, 1.82) is 0 Å². The Kier molecular flexibility index (Phi) is 3.94. The highest BCUT2D eigenvalue weighted by Gasteiger charge is 2.26. The van der Waals surface area contributed by atoms with Gasteiger partial charge >= 0.3 is 6.03 Å². The molecule has 1 fully saturated rings. The van der Waals surface area contributed by atoms with Gasteiger partial charge in [-0.15, -0.1) is 0 Å². The number of carbonyl (C=O) groups is 2. The molecule has 1 aliphatic rings. The second-order valence-electron chi connectivity index (χ2n) is 4.46. The van der Waals surface area contributed by atoms with Gasteiger partial charge in [0, 0.05) is 12.6 Å². The van der Waals surface area contributed by atoms with Gasteiger partial charge in [-0.1, -0.05) is 13.8 Å². The molecule has 0 radical (unpaired) electrons. The number of nitrogens with one attached hydrogen (secondary N) is 1. The summed E-state index contributed by atoms with van der Waals surface area (Å²) in [5.41, 5.74) is 5.09. The van der Waals surface area contributed by atoms with Gasteiger partial charge in [0.15, 0.2) is 0 Å². The van der Waals surface area contributed by atoms with E-state index in [1.54, 1.807) is 0 Å². The van der Waals surface area contributed by atoms with Crippen LogP contribution < -0.4 is 11.1 Å². The van der Waals surface area contributed by atoms with E-state index >= 15 is 0 Å². The molecule has 1 rings (SSSR count). The molecule has 0 atom stereocenters. The van der Waals surface area contributed by atoms with E-state index < -0.39 is 5.91 Å². The van der Waals surface area contributed by atoms with Crippen molar-refractivity contribution in [2.24, 2.45) is 11.7 Å². The van der Waals surface area contributed by atoms with E-state index in [1.165, 1.54) is 4.90 Å². The Balaban J connectivity index is 2.44. The average Bonchev–Trinajstić information content (AvgIpc) is 2.85. The Morgan fingerprint density at radius 1 is 1.47 bits per heavy atom. The summed E-state index contributed by atoms with van der Waals surface area (Å²) in [4.78, 5) is 23.9. The average molecular weight is 213 g/mol. The fraction of sp³-hybridized carbons (Fsp3) is 0.800. The van der Waals surface area contributed by atoms with Crippen molar-refractivity contribution in [2.45, 2.75) is 32.7 Å². The molecule has 15 heavy (non-hydrogen) atoms. The summed E-state index contributed by atoms with van der Waals surface area (Å²) in [5, 5.41) is 2.84. The maximum Gasteiger partial charge on any atom is 0.318 e. The highest BCUT2D eigenvalue weighted by Crippen LogP contribution is 2.19. The summed E-state index contributed by atoms with van der Waals surface area (Å²) in [7, 11) is 0. The van der Waals surface area contributed by atoms with E-state index in [0.29, 0.717) is 18.5 Å². The summed E-state index contributed by atoms with van der Waals surface area (Å²) in [6.45, 7) is 4.55. The minimum Gasteiger partial charge on any atom is -0.368 e. The van der Waals surface area contributed by atoms with Crippen LogP contribution in [0.1, 0.15) is 26.7 Å². The van der Waals surface area contributed by atoms with Gasteiger partial charge in [-0.2, -0.15) is 0 Å². The summed E-state index contributed by atoms with van der Waals surface area (Å²) < 4.78 is 0. The van der Waals surface area contributed by atoms with Crippen molar-refractivity contribution < 1.29 is 9.59 Å². The molecule has 0 unspecified atom stereocenters. The van der Waals surface area contributed by atoms with Crippen LogP contribution in [-0.4, -0.2) is 36.0 Å². The molecule has 0 aromatic carbocycles. The number of rotatable bonds is 5. The van der Waals surface area contributed by atoms with E-state index in [1.807, 2.05) is 13.8 Å². The zero-order chi connectivity index (χ0) is 11.4. The Morgan fingerprint density at radius 2 is 2.07 bits per heavy atom. The molecule has 86 valence electrons. The lowest BCUT2D eigenvalue weighted by Gasteiger charge is -2.23. The summed E-state index contributed by atoms with van der Waals surface area (Å²) in [6.07, 6.45) is 2.08. The first-order valence-electron chi connectivity index (χ1n) is 5.32. The number of amides is 3. The number of nitrogens with zero attached hydrogens (tertiary/aromatic N) is 1. The van der Waals surface area contributed by atoms with Crippen LogP contribution in [-0.2, 0) is 4.79 Å². The van der Waals surface area contributed by atoms with E-state index in [4.69, 9.17) is 5.73 Å². The van der Waals surface area contributed by atoms with Crippen LogP contribution in [0.5, 0.6) is 0 Å². The first-order valence-corrected chi connectivity index (χ1v) is 5.32. The van der Waals surface area contributed by atoms with Crippen molar-refractivity contribution in [3.8, 4) is 0 Å². The third kappa shape index (κ3) is 4.67. The summed E-state index contributed by atoms with van der Waals surface area (Å²) in [6, 6.07) is 0.130. The van der Waals surface area contributed by atoms with E-state index in [0.717, 1.165) is 12.8 Å². The highest BCUT2D eigenvalue weighted by atomic mass is 16.2. The normalized spacial score (nSPS) is 15.1. The second-order valence-corrected chi connectivity index (χ2v) is 4.46. The summed E-state index contributed by atoms with van der Waals surface area (Å²) in [5.74, 6) is -0.143. The van der Waals surface area contributed by atoms with E-state index in [9.17, 15) is 9.59 Å². The van der Waals surface area contributed by atoms with Crippen LogP contribution in [0.25, 0.3) is 0 Å². The number of hydrogen-bond acceptors (Lipinski definition) is 2. The molecular formula is C10H19N3O2. The molecule has 0 aromatic rings. The predicted molar refractivity (Wildman–Crippen MR) is 57.2 cm³/mol. The molecule has 0 saturated heterocycles. The van der Waals surface area contributed by atoms with Gasteiger partial charge in [0.05, 0.1) is 0 Å². The van der Waals surface area contributed by atoms with Crippen molar-refractivity contribution in [3.63, 3.8) is 0 Å². The van der Waals surface area contributed by atoms with Gasteiger partial charge in [-0.25, -0.2) is 4.79 Å². The Labute approximate surface area is 90.0 Å².